The van der Waals surface area contributed by atoms with Gasteiger partial charge in [-0.25, -0.2) is 18.7 Å². The Balaban J connectivity index is 1.80. The first-order valence-electron chi connectivity index (χ1n) is 7.41. The minimum Gasteiger partial charge on any atom is -0.364 e. The highest BCUT2D eigenvalue weighted by Gasteiger charge is 2.17. The van der Waals surface area contributed by atoms with E-state index in [2.05, 4.69) is 20.2 Å². The van der Waals surface area contributed by atoms with E-state index in [1.807, 2.05) is 0 Å². The maximum absolute atomic E-state index is 14.0. The van der Waals surface area contributed by atoms with E-state index in [1.165, 1.54) is 23.1 Å². The van der Waals surface area contributed by atoms with Crippen molar-refractivity contribution in [3.63, 3.8) is 0 Å². The summed E-state index contributed by atoms with van der Waals surface area (Å²) in [5, 5.41) is 8.31. The monoisotopic (exact) mass is 339 g/mol. The van der Waals surface area contributed by atoms with Crippen LogP contribution in [0, 0.1) is 11.6 Å². The van der Waals surface area contributed by atoms with Crippen LogP contribution in [0.1, 0.15) is 5.56 Å². The summed E-state index contributed by atoms with van der Waals surface area (Å²) >= 11 is 0. The van der Waals surface area contributed by atoms with Gasteiger partial charge >= 0.3 is 0 Å². The number of hydrogen-bond donors (Lipinski definition) is 0. The molecule has 0 fully saturated rings. The summed E-state index contributed by atoms with van der Waals surface area (Å²) in [6.45, 7) is 0.0264. The fourth-order valence-electron chi connectivity index (χ4n) is 2.46. The van der Waals surface area contributed by atoms with E-state index in [-0.39, 0.29) is 12.1 Å². The third-order valence-electron chi connectivity index (χ3n) is 3.63. The average molecular weight is 339 g/mol. The fraction of sp³-hybridized carbons (Fsp3) is 0.0588. The van der Waals surface area contributed by atoms with Crippen molar-refractivity contribution < 1.29 is 13.3 Å². The number of benzene rings is 1. The molecule has 3 heterocycles. The third kappa shape index (κ3) is 2.89. The van der Waals surface area contributed by atoms with Crippen molar-refractivity contribution in [3.8, 4) is 22.9 Å². The van der Waals surface area contributed by atoms with Crippen molar-refractivity contribution in [1.82, 2.24) is 24.9 Å². The molecule has 0 spiro atoms. The van der Waals surface area contributed by atoms with Crippen molar-refractivity contribution in [1.29, 1.82) is 0 Å². The first-order valence-corrected chi connectivity index (χ1v) is 7.41. The number of aromatic nitrogens is 5. The molecule has 6 nitrogen and oxygen atoms in total. The van der Waals surface area contributed by atoms with Gasteiger partial charge in [-0.3, -0.25) is 4.68 Å². The Labute approximate surface area is 140 Å². The van der Waals surface area contributed by atoms with E-state index in [0.29, 0.717) is 22.9 Å². The highest BCUT2D eigenvalue weighted by Crippen LogP contribution is 2.24. The van der Waals surface area contributed by atoms with Crippen LogP contribution in [0.2, 0.25) is 0 Å². The molecule has 0 aliphatic carbocycles. The van der Waals surface area contributed by atoms with Crippen LogP contribution in [-0.2, 0) is 6.54 Å². The lowest BCUT2D eigenvalue weighted by Gasteiger charge is -2.07. The van der Waals surface area contributed by atoms with E-state index >= 15 is 0 Å². The molecule has 4 rings (SSSR count). The molecule has 0 atom stereocenters. The summed E-state index contributed by atoms with van der Waals surface area (Å²) in [5.41, 5.74) is 1.77. The largest absolute Gasteiger partial charge is 0.364 e. The topological polar surface area (TPSA) is 69.6 Å². The van der Waals surface area contributed by atoms with E-state index < -0.39 is 11.6 Å². The van der Waals surface area contributed by atoms with E-state index in [4.69, 9.17) is 4.52 Å². The van der Waals surface area contributed by atoms with Crippen LogP contribution in [0.25, 0.3) is 22.9 Å². The lowest BCUT2D eigenvalue weighted by molar-refractivity contribution is 0.421. The van der Waals surface area contributed by atoms with Crippen LogP contribution >= 0.6 is 0 Å². The van der Waals surface area contributed by atoms with Crippen LogP contribution in [0.5, 0.6) is 0 Å². The van der Waals surface area contributed by atoms with Gasteiger partial charge in [0.15, 0.2) is 17.5 Å². The molecule has 0 saturated carbocycles. The molecule has 1 aromatic carbocycles. The van der Waals surface area contributed by atoms with Crippen LogP contribution < -0.4 is 0 Å². The van der Waals surface area contributed by atoms with Crippen molar-refractivity contribution in [2.24, 2.45) is 0 Å². The Kier molecular flexibility index (Phi) is 3.77. The van der Waals surface area contributed by atoms with Crippen LogP contribution in [-0.4, -0.2) is 24.9 Å². The summed E-state index contributed by atoms with van der Waals surface area (Å²) in [6, 6.07) is 9.11. The van der Waals surface area contributed by atoms with Crippen molar-refractivity contribution >= 4 is 0 Å². The zero-order chi connectivity index (χ0) is 17.2. The lowest BCUT2D eigenvalue weighted by Crippen LogP contribution is -2.07. The number of nitrogens with zero attached hydrogens (tertiary/aromatic N) is 5. The molecule has 0 aliphatic rings. The molecule has 0 saturated heterocycles. The van der Waals surface area contributed by atoms with Gasteiger partial charge in [-0.15, -0.1) is 0 Å². The summed E-state index contributed by atoms with van der Waals surface area (Å²) in [4.78, 5) is 8.32. The van der Waals surface area contributed by atoms with Crippen molar-refractivity contribution in [2.75, 3.05) is 0 Å². The maximum Gasteiger partial charge on any atom is 0.180 e. The first kappa shape index (κ1) is 15.1. The standard InChI is InChI=1S/C17H11F2N5O/c18-12-4-1-3-11(16(12)19)10-24-15(13-5-8-25-23-13)9-14(22-24)17-20-6-2-7-21-17/h1-9H,10H2. The SMILES string of the molecule is Fc1cccc(Cn2nc(-c3ncccn3)cc2-c2ccon2)c1F. The van der Waals surface area contributed by atoms with Crippen LogP contribution in [0.15, 0.2) is 59.6 Å². The fourth-order valence-corrected chi connectivity index (χ4v) is 2.46. The second-order valence-corrected chi connectivity index (χ2v) is 5.24. The molecule has 0 bridgehead atoms. The normalized spacial score (nSPS) is 11.0. The Morgan fingerprint density at radius 3 is 2.60 bits per heavy atom. The molecular formula is C17H11F2N5O. The van der Waals surface area contributed by atoms with Gasteiger partial charge in [-0.05, 0) is 18.2 Å². The number of halogens is 2. The molecule has 0 radical (unpaired) electrons. The molecular weight excluding hydrogens is 328 g/mol. The summed E-state index contributed by atoms with van der Waals surface area (Å²) < 4.78 is 33.9. The highest BCUT2D eigenvalue weighted by molar-refractivity contribution is 5.62. The molecule has 3 aromatic heterocycles. The van der Waals surface area contributed by atoms with Gasteiger partial charge in [0.1, 0.15) is 17.7 Å². The first-order chi connectivity index (χ1) is 12.2. The molecule has 25 heavy (non-hydrogen) atoms. The zero-order valence-corrected chi connectivity index (χ0v) is 12.8. The van der Waals surface area contributed by atoms with Crippen LogP contribution in [0.3, 0.4) is 0 Å². The van der Waals surface area contributed by atoms with E-state index in [9.17, 15) is 8.78 Å². The Morgan fingerprint density at radius 1 is 1.00 bits per heavy atom. The van der Waals surface area contributed by atoms with Crippen LogP contribution in [0.4, 0.5) is 8.78 Å². The van der Waals surface area contributed by atoms with E-state index in [0.717, 1.165) is 6.07 Å². The Hall–Kier alpha value is -3.42. The Bertz CT molecular complexity index is 999. The molecule has 8 heteroatoms. The smallest absolute Gasteiger partial charge is 0.180 e. The lowest BCUT2D eigenvalue weighted by atomic mass is 10.2. The van der Waals surface area contributed by atoms with Gasteiger partial charge < -0.3 is 4.52 Å². The third-order valence-corrected chi connectivity index (χ3v) is 3.63. The van der Waals surface area contributed by atoms with Gasteiger partial charge in [0, 0.05) is 24.0 Å². The van der Waals surface area contributed by atoms with E-state index in [1.54, 1.807) is 30.6 Å². The number of hydrogen-bond acceptors (Lipinski definition) is 5. The minimum atomic E-state index is -0.903. The molecule has 0 amide bonds. The molecule has 124 valence electrons. The summed E-state index contributed by atoms with van der Waals surface area (Å²) in [7, 11) is 0. The Morgan fingerprint density at radius 2 is 1.84 bits per heavy atom. The van der Waals surface area contributed by atoms with Gasteiger partial charge in [0.25, 0.3) is 0 Å². The number of rotatable bonds is 4. The second-order valence-electron chi connectivity index (χ2n) is 5.24. The average Bonchev–Trinajstić information content (AvgIpc) is 3.29. The molecule has 0 unspecified atom stereocenters. The quantitative estimate of drug-likeness (QED) is 0.570. The van der Waals surface area contributed by atoms with Gasteiger partial charge in [-0.2, -0.15) is 5.10 Å². The molecule has 0 N–H and O–H groups in total. The predicted octanol–water partition coefficient (Wildman–Crippen LogP) is 3.32. The minimum absolute atomic E-state index is 0.0264. The van der Waals surface area contributed by atoms with Crippen molar-refractivity contribution in [3.05, 3.63) is 72.3 Å². The highest BCUT2D eigenvalue weighted by atomic mass is 19.2. The molecule has 4 aromatic rings. The maximum atomic E-state index is 14.0. The van der Waals surface area contributed by atoms with Gasteiger partial charge in [0.2, 0.25) is 0 Å². The predicted molar refractivity (Wildman–Crippen MR) is 84.2 cm³/mol. The summed E-state index contributed by atoms with van der Waals surface area (Å²) in [6.07, 6.45) is 4.63. The van der Waals surface area contributed by atoms with Gasteiger partial charge in [-0.1, -0.05) is 17.3 Å². The van der Waals surface area contributed by atoms with Crippen molar-refractivity contribution in [2.45, 2.75) is 6.54 Å². The zero-order valence-electron chi connectivity index (χ0n) is 12.8. The second kappa shape index (κ2) is 6.23. The van der Waals surface area contributed by atoms with Gasteiger partial charge in [0.05, 0.1) is 12.2 Å². The summed E-state index contributed by atoms with van der Waals surface area (Å²) in [5.74, 6) is -1.38. The molecule has 0 aliphatic heterocycles.